The lowest BCUT2D eigenvalue weighted by atomic mass is 9.94. The predicted molar refractivity (Wildman–Crippen MR) is 119 cm³/mol. The van der Waals surface area contributed by atoms with E-state index in [0.717, 1.165) is 17.7 Å². The summed E-state index contributed by atoms with van der Waals surface area (Å²) in [5.41, 5.74) is 4.36. The first-order valence-electron chi connectivity index (χ1n) is 9.86. The number of thioether (sulfide) groups is 1. The number of anilines is 1. The SMILES string of the molecule is CCc1ccc(C(=O)C2C(c3ccccc3)SC(C)N2c2ccccc2)cc1. The third-order valence-electron chi connectivity index (χ3n) is 5.42. The number of carbonyl (C=O) groups is 1. The molecule has 4 rings (SSSR count). The van der Waals surface area contributed by atoms with Crippen LogP contribution in [0.3, 0.4) is 0 Å². The topological polar surface area (TPSA) is 20.3 Å². The number of Topliss-reactive ketones (excluding diaryl/α,β-unsaturated/α-hetero) is 1. The Morgan fingerprint density at radius 1 is 0.893 bits per heavy atom. The second-order valence-corrected chi connectivity index (χ2v) is 8.63. The van der Waals surface area contributed by atoms with E-state index in [1.807, 2.05) is 48.2 Å². The third-order valence-corrected chi connectivity index (χ3v) is 6.86. The summed E-state index contributed by atoms with van der Waals surface area (Å²) in [7, 11) is 0. The summed E-state index contributed by atoms with van der Waals surface area (Å²) in [6.45, 7) is 4.33. The first kappa shape index (κ1) is 18.8. The number of ketones is 1. The zero-order valence-corrected chi connectivity index (χ0v) is 17.1. The van der Waals surface area contributed by atoms with E-state index in [4.69, 9.17) is 0 Å². The fourth-order valence-corrected chi connectivity index (χ4v) is 5.46. The van der Waals surface area contributed by atoms with E-state index in [-0.39, 0.29) is 22.4 Å². The van der Waals surface area contributed by atoms with Crippen LogP contribution >= 0.6 is 11.8 Å². The molecule has 3 aromatic rings. The summed E-state index contributed by atoms with van der Waals surface area (Å²) < 4.78 is 0. The molecule has 0 aromatic heterocycles. The Morgan fingerprint density at radius 2 is 1.50 bits per heavy atom. The molecule has 0 N–H and O–H groups in total. The fraction of sp³-hybridized carbons (Fsp3) is 0.240. The van der Waals surface area contributed by atoms with Gasteiger partial charge in [0, 0.05) is 11.3 Å². The average molecular weight is 388 g/mol. The quantitative estimate of drug-likeness (QED) is 0.490. The van der Waals surface area contributed by atoms with Crippen molar-refractivity contribution in [3.05, 3.63) is 102 Å². The number of hydrogen-bond donors (Lipinski definition) is 0. The number of benzene rings is 3. The summed E-state index contributed by atoms with van der Waals surface area (Å²) in [5, 5.41) is 0.325. The van der Waals surface area contributed by atoms with Gasteiger partial charge in [0.25, 0.3) is 0 Å². The van der Waals surface area contributed by atoms with Gasteiger partial charge in [-0.05, 0) is 36.6 Å². The highest BCUT2D eigenvalue weighted by atomic mass is 32.2. The Hall–Kier alpha value is -2.52. The van der Waals surface area contributed by atoms with Crippen LogP contribution in [-0.2, 0) is 6.42 Å². The van der Waals surface area contributed by atoms with Crippen LogP contribution in [0.15, 0.2) is 84.9 Å². The molecule has 0 saturated carbocycles. The molecule has 3 atom stereocenters. The normalized spacial score (nSPS) is 21.6. The van der Waals surface area contributed by atoms with E-state index in [9.17, 15) is 4.79 Å². The maximum atomic E-state index is 13.7. The van der Waals surface area contributed by atoms with Crippen LogP contribution in [0.1, 0.15) is 40.6 Å². The van der Waals surface area contributed by atoms with Crippen LogP contribution in [0.2, 0.25) is 0 Å². The van der Waals surface area contributed by atoms with Gasteiger partial charge in [0.15, 0.2) is 5.78 Å². The minimum absolute atomic E-state index is 0.106. The fourth-order valence-electron chi connectivity index (χ4n) is 3.94. The maximum Gasteiger partial charge on any atom is 0.186 e. The Morgan fingerprint density at radius 3 is 2.11 bits per heavy atom. The Bertz CT molecular complexity index is 924. The van der Waals surface area contributed by atoms with E-state index in [1.54, 1.807) is 0 Å². The standard InChI is InChI=1S/C25H25NOS/c1-3-19-14-16-20(17-15-19)24(27)23-25(21-10-6-4-7-11-21)28-18(2)26(23)22-12-8-5-9-13-22/h4-18,23,25H,3H2,1-2H3. The van der Waals surface area contributed by atoms with Crippen molar-refractivity contribution in [2.24, 2.45) is 0 Å². The van der Waals surface area contributed by atoms with E-state index >= 15 is 0 Å². The van der Waals surface area contributed by atoms with Crippen molar-refractivity contribution in [2.75, 3.05) is 4.90 Å². The molecule has 0 spiro atoms. The molecule has 1 aliphatic rings. The predicted octanol–water partition coefficient (Wildman–Crippen LogP) is 6.14. The van der Waals surface area contributed by atoms with E-state index in [1.165, 1.54) is 11.1 Å². The smallest absolute Gasteiger partial charge is 0.186 e. The number of para-hydroxylation sites is 1. The molecular formula is C25H25NOS. The van der Waals surface area contributed by atoms with Crippen molar-refractivity contribution in [2.45, 2.75) is 36.9 Å². The zero-order chi connectivity index (χ0) is 19.5. The van der Waals surface area contributed by atoms with Crippen LogP contribution in [0.25, 0.3) is 0 Å². The van der Waals surface area contributed by atoms with Crippen molar-refractivity contribution < 1.29 is 4.79 Å². The monoisotopic (exact) mass is 387 g/mol. The largest absolute Gasteiger partial charge is 0.348 e. The average Bonchev–Trinajstić information content (AvgIpc) is 3.11. The zero-order valence-electron chi connectivity index (χ0n) is 16.3. The molecule has 142 valence electrons. The van der Waals surface area contributed by atoms with Crippen molar-refractivity contribution in [3.8, 4) is 0 Å². The van der Waals surface area contributed by atoms with Crippen LogP contribution in [-0.4, -0.2) is 17.2 Å². The molecule has 28 heavy (non-hydrogen) atoms. The molecule has 0 aliphatic carbocycles. The van der Waals surface area contributed by atoms with Gasteiger partial charge in [-0.25, -0.2) is 0 Å². The molecule has 0 bridgehead atoms. The lowest BCUT2D eigenvalue weighted by Gasteiger charge is -2.30. The highest BCUT2D eigenvalue weighted by Gasteiger charge is 2.44. The van der Waals surface area contributed by atoms with Crippen LogP contribution in [0.5, 0.6) is 0 Å². The van der Waals surface area contributed by atoms with E-state index in [0.29, 0.717) is 0 Å². The number of carbonyl (C=O) groups excluding carboxylic acids is 1. The molecule has 1 saturated heterocycles. The molecule has 2 nitrogen and oxygen atoms in total. The summed E-state index contributed by atoms with van der Waals surface area (Å²) in [6.07, 6.45) is 0.980. The molecule has 0 radical (unpaired) electrons. The molecule has 1 aliphatic heterocycles. The highest BCUT2D eigenvalue weighted by Crippen LogP contribution is 2.48. The lowest BCUT2D eigenvalue weighted by molar-refractivity contribution is 0.0958. The highest BCUT2D eigenvalue weighted by molar-refractivity contribution is 8.00. The van der Waals surface area contributed by atoms with E-state index < -0.39 is 0 Å². The van der Waals surface area contributed by atoms with Gasteiger partial charge < -0.3 is 4.90 Å². The van der Waals surface area contributed by atoms with Crippen LogP contribution in [0.4, 0.5) is 5.69 Å². The van der Waals surface area contributed by atoms with Gasteiger partial charge in [0.05, 0.1) is 10.6 Å². The van der Waals surface area contributed by atoms with Gasteiger partial charge in [-0.1, -0.05) is 79.7 Å². The van der Waals surface area contributed by atoms with Crippen molar-refractivity contribution in [1.82, 2.24) is 0 Å². The summed E-state index contributed by atoms with van der Waals surface area (Å²) in [6, 6.07) is 28.6. The summed E-state index contributed by atoms with van der Waals surface area (Å²) in [5.74, 6) is 0.192. The Balaban J connectivity index is 1.76. The Kier molecular flexibility index (Phi) is 5.54. The van der Waals surface area contributed by atoms with Crippen molar-refractivity contribution >= 4 is 23.2 Å². The second kappa shape index (κ2) is 8.24. The first-order valence-corrected chi connectivity index (χ1v) is 10.8. The minimum Gasteiger partial charge on any atom is -0.348 e. The molecule has 3 aromatic carbocycles. The first-order chi connectivity index (χ1) is 13.7. The number of nitrogens with zero attached hydrogens (tertiary/aromatic N) is 1. The third kappa shape index (κ3) is 3.59. The second-order valence-electron chi connectivity index (χ2n) is 7.17. The maximum absolute atomic E-state index is 13.7. The summed E-state index contributed by atoms with van der Waals surface area (Å²) in [4.78, 5) is 16.0. The molecule has 1 heterocycles. The van der Waals surface area contributed by atoms with Gasteiger partial charge in [0.2, 0.25) is 0 Å². The minimum atomic E-state index is -0.225. The van der Waals surface area contributed by atoms with Crippen LogP contribution in [0, 0.1) is 0 Å². The van der Waals surface area contributed by atoms with Gasteiger partial charge in [0.1, 0.15) is 6.04 Å². The molecule has 1 fully saturated rings. The van der Waals surface area contributed by atoms with Gasteiger partial charge in [-0.2, -0.15) is 0 Å². The lowest BCUT2D eigenvalue weighted by Crippen LogP contribution is -2.42. The van der Waals surface area contributed by atoms with Crippen LogP contribution < -0.4 is 4.90 Å². The Labute approximate surface area is 171 Å². The number of rotatable bonds is 5. The van der Waals surface area contributed by atoms with Gasteiger partial charge in [-0.3, -0.25) is 4.79 Å². The molecule has 3 unspecified atom stereocenters. The van der Waals surface area contributed by atoms with Crippen molar-refractivity contribution in [1.29, 1.82) is 0 Å². The molecule has 3 heteroatoms. The summed E-state index contributed by atoms with van der Waals surface area (Å²) >= 11 is 1.87. The van der Waals surface area contributed by atoms with Gasteiger partial charge in [-0.15, -0.1) is 11.8 Å². The van der Waals surface area contributed by atoms with E-state index in [2.05, 4.69) is 67.3 Å². The van der Waals surface area contributed by atoms with Gasteiger partial charge >= 0.3 is 0 Å². The molecule has 0 amide bonds. The number of hydrogen-bond acceptors (Lipinski definition) is 3. The molecular weight excluding hydrogens is 362 g/mol. The number of aryl methyl sites for hydroxylation is 1. The van der Waals surface area contributed by atoms with Crippen molar-refractivity contribution in [3.63, 3.8) is 0 Å².